The van der Waals surface area contributed by atoms with Crippen LogP contribution in [0.5, 0.6) is 11.5 Å². The Balaban J connectivity index is 2.11. The summed E-state index contributed by atoms with van der Waals surface area (Å²) in [5.41, 5.74) is 8.59. The van der Waals surface area contributed by atoms with E-state index >= 15 is 0 Å². The highest BCUT2D eigenvalue weighted by molar-refractivity contribution is 7.80. The zero-order valence-electron chi connectivity index (χ0n) is 8.47. The molecule has 16 heavy (non-hydrogen) atoms. The summed E-state index contributed by atoms with van der Waals surface area (Å²) in [6, 6.07) is 5.56. The van der Waals surface area contributed by atoms with Gasteiger partial charge in [0.1, 0.15) is 13.2 Å². The van der Waals surface area contributed by atoms with Gasteiger partial charge < -0.3 is 15.2 Å². The molecular formula is C10H11N3O2S. The standard InChI is InChI=1S/C10H11N3O2S/c11-10(16)13-12-6-7-1-2-8-9(5-7)15-4-3-14-8/h1-2,5-6H,3-4H2,(H3,11,13,16)/b12-6-. The van der Waals surface area contributed by atoms with Gasteiger partial charge in [-0.05, 0) is 36.0 Å². The summed E-state index contributed by atoms with van der Waals surface area (Å²) in [4.78, 5) is 0. The second-order valence-corrected chi connectivity index (χ2v) is 3.58. The average Bonchev–Trinajstić information content (AvgIpc) is 2.28. The lowest BCUT2D eigenvalue weighted by molar-refractivity contribution is 0.171. The van der Waals surface area contributed by atoms with E-state index in [-0.39, 0.29) is 5.11 Å². The summed E-state index contributed by atoms with van der Waals surface area (Å²) >= 11 is 4.62. The van der Waals surface area contributed by atoms with E-state index < -0.39 is 0 Å². The Kier molecular flexibility index (Phi) is 3.21. The van der Waals surface area contributed by atoms with Crippen LogP contribution in [-0.2, 0) is 0 Å². The molecule has 1 aliphatic rings. The van der Waals surface area contributed by atoms with Crippen LogP contribution >= 0.6 is 12.2 Å². The fourth-order valence-electron chi connectivity index (χ4n) is 1.31. The van der Waals surface area contributed by atoms with E-state index in [0.29, 0.717) is 13.2 Å². The van der Waals surface area contributed by atoms with Crippen LogP contribution in [0.1, 0.15) is 5.56 Å². The molecule has 3 N–H and O–H groups in total. The summed E-state index contributed by atoms with van der Waals surface area (Å²) in [6.07, 6.45) is 1.61. The highest BCUT2D eigenvalue weighted by atomic mass is 32.1. The van der Waals surface area contributed by atoms with E-state index in [1.807, 2.05) is 18.2 Å². The molecule has 1 heterocycles. The third-order valence-corrected chi connectivity index (χ3v) is 2.05. The minimum absolute atomic E-state index is 0.133. The maximum atomic E-state index is 5.43. The Hall–Kier alpha value is -1.82. The van der Waals surface area contributed by atoms with Crippen molar-refractivity contribution in [1.29, 1.82) is 0 Å². The van der Waals surface area contributed by atoms with E-state index in [9.17, 15) is 0 Å². The molecule has 5 nitrogen and oxygen atoms in total. The van der Waals surface area contributed by atoms with E-state index in [2.05, 4.69) is 22.7 Å². The number of nitrogens with two attached hydrogens (primary N) is 1. The molecule has 0 saturated carbocycles. The zero-order chi connectivity index (χ0) is 11.4. The molecule has 2 rings (SSSR count). The SMILES string of the molecule is NC(=S)N/N=C\c1ccc2c(c1)OCCO2. The van der Waals surface area contributed by atoms with Gasteiger partial charge in [-0.3, -0.25) is 5.43 Å². The first-order valence-electron chi connectivity index (χ1n) is 4.74. The second-order valence-electron chi connectivity index (χ2n) is 3.14. The Labute approximate surface area is 98.2 Å². The van der Waals surface area contributed by atoms with Crippen molar-refractivity contribution in [3.63, 3.8) is 0 Å². The first-order valence-corrected chi connectivity index (χ1v) is 5.15. The van der Waals surface area contributed by atoms with Crippen LogP contribution in [0.25, 0.3) is 0 Å². The van der Waals surface area contributed by atoms with Gasteiger partial charge in [0.05, 0.1) is 6.21 Å². The highest BCUT2D eigenvalue weighted by Crippen LogP contribution is 2.30. The number of rotatable bonds is 2. The van der Waals surface area contributed by atoms with E-state index in [1.54, 1.807) is 6.21 Å². The number of nitrogens with zero attached hydrogens (tertiary/aromatic N) is 1. The molecule has 0 saturated heterocycles. The number of benzene rings is 1. The van der Waals surface area contributed by atoms with Crippen LogP contribution in [-0.4, -0.2) is 24.5 Å². The third-order valence-electron chi connectivity index (χ3n) is 1.95. The van der Waals surface area contributed by atoms with Crippen LogP contribution < -0.4 is 20.6 Å². The van der Waals surface area contributed by atoms with Crippen molar-refractivity contribution in [3.05, 3.63) is 23.8 Å². The van der Waals surface area contributed by atoms with Gasteiger partial charge in [-0.2, -0.15) is 5.10 Å². The molecule has 1 aromatic carbocycles. The van der Waals surface area contributed by atoms with Crippen LogP contribution in [0.3, 0.4) is 0 Å². The summed E-state index contributed by atoms with van der Waals surface area (Å²) in [5, 5.41) is 3.99. The predicted molar refractivity (Wildman–Crippen MR) is 64.9 cm³/mol. The van der Waals surface area contributed by atoms with E-state index in [0.717, 1.165) is 17.1 Å². The number of hydrazone groups is 1. The lowest BCUT2D eigenvalue weighted by atomic mass is 10.2. The van der Waals surface area contributed by atoms with Crippen molar-refractivity contribution < 1.29 is 9.47 Å². The molecule has 0 aliphatic carbocycles. The number of thiocarbonyl (C=S) groups is 1. The number of hydrogen-bond donors (Lipinski definition) is 2. The summed E-state index contributed by atoms with van der Waals surface area (Å²) in [5.74, 6) is 1.48. The van der Waals surface area contributed by atoms with Crippen molar-refractivity contribution in [2.75, 3.05) is 13.2 Å². The molecule has 0 radical (unpaired) electrons. The summed E-state index contributed by atoms with van der Waals surface area (Å²) < 4.78 is 10.8. The average molecular weight is 237 g/mol. The molecule has 0 amide bonds. The van der Waals surface area contributed by atoms with Crippen LogP contribution in [0.2, 0.25) is 0 Å². The molecule has 0 atom stereocenters. The van der Waals surface area contributed by atoms with Crippen molar-refractivity contribution in [2.24, 2.45) is 10.8 Å². The predicted octanol–water partition coefficient (Wildman–Crippen LogP) is 0.625. The second kappa shape index (κ2) is 4.80. The monoisotopic (exact) mass is 237 g/mol. The molecule has 0 bridgehead atoms. The van der Waals surface area contributed by atoms with Gasteiger partial charge in [0.2, 0.25) is 0 Å². The van der Waals surface area contributed by atoms with Crippen LogP contribution in [0.4, 0.5) is 0 Å². The number of fused-ring (bicyclic) bond motifs is 1. The Morgan fingerprint density at radius 2 is 2.12 bits per heavy atom. The topological polar surface area (TPSA) is 68.9 Å². The van der Waals surface area contributed by atoms with Gasteiger partial charge in [-0.25, -0.2) is 0 Å². The first-order chi connectivity index (χ1) is 7.75. The Morgan fingerprint density at radius 3 is 2.88 bits per heavy atom. The smallest absolute Gasteiger partial charge is 0.184 e. The molecule has 1 aromatic rings. The minimum atomic E-state index is 0.133. The van der Waals surface area contributed by atoms with Crippen molar-refractivity contribution in [1.82, 2.24) is 5.43 Å². The molecular weight excluding hydrogens is 226 g/mol. The van der Waals surface area contributed by atoms with E-state index in [1.165, 1.54) is 0 Å². The lowest BCUT2D eigenvalue weighted by Crippen LogP contribution is -2.24. The number of hydrogen-bond acceptors (Lipinski definition) is 4. The van der Waals surface area contributed by atoms with Gasteiger partial charge in [0.15, 0.2) is 16.6 Å². The van der Waals surface area contributed by atoms with Gasteiger partial charge in [-0.15, -0.1) is 0 Å². The third kappa shape index (κ3) is 2.60. The van der Waals surface area contributed by atoms with E-state index in [4.69, 9.17) is 15.2 Å². The van der Waals surface area contributed by atoms with Gasteiger partial charge >= 0.3 is 0 Å². The number of ether oxygens (including phenoxy) is 2. The van der Waals surface area contributed by atoms with Gasteiger partial charge in [0, 0.05) is 0 Å². The highest BCUT2D eigenvalue weighted by Gasteiger charge is 2.10. The molecule has 6 heteroatoms. The quantitative estimate of drug-likeness (QED) is 0.448. The van der Waals surface area contributed by atoms with Crippen LogP contribution in [0, 0.1) is 0 Å². The van der Waals surface area contributed by atoms with Gasteiger partial charge in [-0.1, -0.05) is 0 Å². The molecule has 0 aromatic heterocycles. The molecule has 0 unspecified atom stereocenters. The minimum Gasteiger partial charge on any atom is -0.486 e. The molecule has 1 aliphatic heterocycles. The van der Waals surface area contributed by atoms with Crippen molar-refractivity contribution >= 4 is 23.5 Å². The maximum Gasteiger partial charge on any atom is 0.184 e. The lowest BCUT2D eigenvalue weighted by Gasteiger charge is -2.18. The molecule has 0 fully saturated rings. The molecule has 84 valence electrons. The van der Waals surface area contributed by atoms with Crippen molar-refractivity contribution in [2.45, 2.75) is 0 Å². The fourth-order valence-corrected chi connectivity index (χ4v) is 1.36. The summed E-state index contributed by atoms with van der Waals surface area (Å²) in [6.45, 7) is 1.15. The van der Waals surface area contributed by atoms with Crippen LogP contribution in [0.15, 0.2) is 23.3 Å². The first kappa shape index (κ1) is 10.7. The number of nitrogens with one attached hydrogen (secondary N) is 1. The maximum absolute atomic E-state index is 5.43. The Morgan fingerprint density at radius 1 is 1.38 bits per heavy atom. The largest absolute Gasteiger partial charge is 0.486 e. The normalized spacial score (nSPS) is 13.8. The molecule has 0 spiro atoms. The zero-order valence-corrected chi connectivity index (χ0v) is 9.29. The van der Waals surface area contributed by atoms with Crippen molar-refractivity contribution in [3.8, 4) is 11.5 Å². The Bertz CT molecular complexity index is 434. The summed E-state index contributed by atoms with van der Waals surface area (Å²) in [7, 11) is 0. The fraction of sp³-hybridized carbons (Fsp3) is 0.200. The van der Waals surface area contributed by atoms with Gasteiger partial charge in [0.25, 0.3) is 0 Å².